The fraction of sp³-hybridized carbons (Fsp3) is 1.00. The first-order valence-electron chi connectivity index (χ1n) is 4.11. The zero-order chi connectivity index (χ0) is 9.40. The van der Waals surface area contributed by atoms with Gasteiger partial charge < -0.3 is 14.2 Å². The van der Waals surface area contributed by atoms with E-state index in [1.165, 1.54) is 0 Å². The van der Waals surface area contributed by atoms with Crippen molar-refractivity contribution in [1.29, 1.82) is 0 Å². The normalized spacial score (nSPS) is 15.9. The third kappa shape index (κ3) is 6.80. The zero-order valence-electron chi connectivity index (χ0n) is 7.58. The molecule has 0 aromatic heterocycles. The molecule has 2 atom stereocenters. The van der Waals surface area contributed by atoms with Crippen molar-refractivity contribution in [3.05, 3.63) is 0 Å². The van der Waals surface area contributed by atoms with Crippen LogP contribution in [0, 0.1) is 5.92 Å². The van der Waals surface area contributed by atoms with Crippen molar-refractivity contribution in [3.8, 4) is 0 Å². The molecule has 12 heavy (non-hydrogen) atoms. The largest absolute Gasteiger partial charge is 0.396 e. The predicted octanol–water partition coefficient (Wildman–Crippen LogP) is 1.45. The van der Waals surface area contributed by atoms with Gasteiger partial charge in [-0.05, 0) is 6.42 Å². The van der Waals surface area contributed by atoms with Gasteiger partial charge in [-0.25, -0.2) is 0 Å². The standard InChI is InChI=1S/C7H17O4P/c1-3-4-10-12(9)11-6-7(2)5-8/h7-8,12H,3-6H2,1-2H3/t7-/m0/s1. The van der Waals surface area contributed by atoms with E-state index in [1.807, 2.05) is 13.8 Å². The highest BCUT2D eigenvalue weighted by atomic mass is 31.1. The van der Waals surface area contributed by atoms with Crippen molar-refractivity contribution in [2.75, 3.05) is 19.8 Å². The number of rotatable bonds is 7. The summed E-state index contributed by atoms with van der Waals surface area (Å²) in [5, 5.41) is 8.61. The topological polar surface area (TPSA) is 55.8 Å². The molecule has 0 radical (unpaired) electrons. The summed E-state index contributed by atoms with van der Waals surface area (Å²) >= 11 is 0. The highest BCUT2D eigenvalue weighted by Crippen LogP contribution is 2.24. The molecule has 0 spiro atoms. The van der Waals surface area contributed by atoms with E-state index >= 15 is 0 Å². The van der Waals surface area contributed by atoms with Crippen molar-refractivity contribution < 1.29 is 18.7 Å². The molecular weight excluding hydrogens is 179 g/mol. The van der Waals surface area contributed by atoms with Crippen LogP contribution in [0.15, 0.2) is 0 Å². The van der Waals surface area contributed by atoms with Crippen molar-refractivity contribution in [1.82, 2.24) is 0 Å². The first-order valence-corrected chi connectivity index (χ1v) is 5.33. The SMILES string of the molecule is CCCO[PH](=O)OC[C@@H](C)CO. The third-order valence-corrected chi connectivity index (χ3v) is 2.06. The lowest BCUT2D eigenvalue weighted by Crippen LogP contribution is -2.07. The van der Waals surface area contributed by atoms with E-state index in [-0.39, 0.29) is 19.1 Å². The van der Waals surface area contributed by atoms with Crippen molar-refractivity contribution in [3.63, 3.8) is 0 Å². The number of aliphatic hydroxyl groups excluding tert-OH is 1. The summed E-state index contributed by atoms with van der Waals surface area (Å²) in [4.78, 5) is 0. The quantitative estimate of drug-likeness (QED) is 0.626. The molecule has 0 rings (SSSR count). The fourth-order valence-electron chi connectivity index (χ4n) is 0.490. The van der Waals surface area contributed by atoms with E-state index in [1.54, 1.807) is 0 Å². The molecular formula is C7H17O4P. The summed E-state index contributed by atoms with van der Waals surface area (Å²) in [5.41, 5.74) is 0. The van der Waals surface area contributed by atoms with Gasteiger partial charge in [0.25, 0.3) is 0 Å². The molecule has 0 aliphatic carbocycles. The summed E-state index contributed by atoms with van der Waals surface area (Å²) in [5.74, 6) is 0.0178. The predicted molar refractivity (Wildman–Crippen MR) is 47.4 cm³/mol. The summed E-state index contributed by atoms with van der Waals surface area (Å²) in [6.07, 6.45) is 0.829. The van der Waals surface area contributed by atoms with Crippen molar-refractivity contribution in [2.45, 2.75) is 20.3 Å². The minimum atomic E-state index is -2.32. The third-order valence-electron chi connectivity index (χ3n) is 1.22. The molecule has 0 amide bonds. The average molecular weight is 196 g/mol. The molecule has 1 N–H and O–H groups in total. The maximum absolute atomic E-state index is 10.9. The van der Waals surface area contributed by atoms with Crippen LogP contribution in [0.2, 0.25) is 0 Å². The van der Waals surface area contributed by atoms with Crippen LogP contribution in [0.4, 0.5) is 0 Å². The Morgan fingerprint density at radius 3 is 2.67 bits per heavy atom. The molecule has 0 aliphatic heterocycles. The Kier molecular flexibility index (Phi) is 7.81. The van der Waals surface area contributed by atoms with Gasteiger partial charge in [0.15, 0.2) is 0 Å². The van der Waals surface area contributed by atoms with Crippen molar-refractivity contribution >= 4 is 8.25 Å². The lowest BCUT2D eigenvalue weighted by Gasteiger charge is -2.08. The Bertz CT molecular complexity index is 129. The van der Waals surface area contributed by atoms with Gasteiger partial charge in [-0.15, -0.1) is 0 Å². The van der Waals surface area contributed by atoms with Gasteiger partial charge in [-0.2, -0.15) is 0 Å². The molecule has 74 valence electrons. The average Bonchev–Trinajstić information content (AvgIpc) is 2.10. The second-order valence-electron chi connectivity index (χ2n) is 2.70. The Labute approximate surface area is 73.8 Å². The lowest BCUT2D eigenvalue weighted by atomic mass is 10.2. The molecule has 1 unspecified atom stereocenters. The van der Waals surface area contributed by atoms with Crippen LogP contribution in [-0.4, -0.2) is 24.9 Å². The fourth-order valence-corrected chi connectivity index (χ4v) is 1.36. The Balaban J connectivity index is 3.31. The van der Waals surface area contributed by atoms with Gasteiger partial charge in [-0.1, -0.05) is 13.8 Å². The van der Waals surface area contributed by atoms with Gasteiger partial charge in [0.05, 0.1) is 13.2 Å². The highest BCUT2D eigenvalue weighted by Gasteiger charge is 2.03. The molecule has 0 bridgehead atoms. The van der Waals surface area contributed by atoms with Gasteiger partial charge >= 0.3 is 8.25 Å². The second kappa shape index (κ2) is 7.74. The summed E-state index contributed by atoms with van der Waals surface area (Å²) < 4.78 is 20.6. The summed E-state index contributed by atoms with van der Waals surface area (Å²) in [6, 6.07) is 0. The lowest BCUT2D eigenvalue weighted by molar-refractivity contribution is 0.157. The van der Waals surface area contributed by atoms with E-state index < -0.39 is 8.25 Å². The van der Waals surface area contributed by atoms with E-state index in [4.69, 9.17) is 14.2 Å². The van der Waals surface area contributed by atoms with Crippen LogP contribution in [0.25, 0.3) is 0 Å². The van der Waals surface area contributed by atoms with E-state index in [9.17, 15) is 4.57 Å². The minimum Gasteiger partial charge on any atom is -0.396 e. The Morgan fingerprint density at radius 2 is 2.17 bits per heavy atom. The molecule has 5 heteroatoms. The monoisotopic (exact) mass is 196 g/mol. The molecule has 0 saturated heterocycles. The van der Waals surface area contributed by atoms with Gasteiger partial charge in [0.2, 0.25) is 0 Å². The number of hydrogen-bond acceptors (Lipinski definition) is 4. The Morgan fingerprint density at radius 1 is 1.50 bits per heavy atom. The molecule has 0 fully saturated rings. The first-order chi connectivity index (χ1) is 5.70. The van der Waals surface area contributed by atoms with Gasteiger partial charge in [0.1, 0.15) is 0 Å². The molecule has 0 aromatic rings. The van der Waals surface area contributed by atoms with Crippen LogP contribution >= 0.6 is 8.25 Å². The Hall–Kier alpha value is 0.110. The van der Waals surface area contributed by atoms with Crippen LogP contribution in [0.1, 0.15) is 20.3 Å². The van der Waals surface area contributed by atoms with Crippen LogP contribution in [0.5, 0.6) is 0 Å². The van der Waals surface area contributed by atoms with Crippen LogP contribution in [0.3, 0.4) is 0 Å². The molecule has 0 aliphatic rings. The minimum absolute atomic E-state index is 0.0178. The number of aliphatic hydroxyl groups is 1. The van der Waals surface area contributed by atoms with E-state index in [0.717, 1.165) is 6.42 Å². The number of hydrogen-bond donors (Lipinski definition) is 1. The maximum Gasteiger partial charge on any atom is 0.319 e. The van der Waals surface area contributed by atoms with E-state index in [2.05, 4.69) is 0 Å². The van der Waals surface area contributed by atoms with Gasteiger partial charge in [-0.3, -0.25) is 4.57 Å². The maximum atomic E-state index is 10.9. The molecule has 0 saturated carbocycles. The zero-order valence-corrected chi connectivity index (χ0v) is 8.58. The first kappa shape index (κ1) is 12.1. The van der Waals surface area contributed by atoms with Crippen LogP contribution in [-0.2, 0) is 13.6 Å². The molecule has 0 heterocycles. The summed E-state index contributed by atoms with van der Waals surface area (Å²) in [6.45, 7) is 4.55. The second-order valence-corrected chi connectivity index (χ2v) is 3.77. The molecule has 4 nitrogen and oxygen atoms in total. The van der Waals surface area contributed by atoms with Crippen molar-refractivity contribution in [2.24, 2.45) is 5.92 Å². The highest BCUT2D eigenvalue weighted by molar-refractivity contribution is 7.33. The van der Waals surface area contributed by atoms with E-state index in [0.29, 0.717) is 6.61 Å². The van der Waals surface area contributed by atoms with Crippen LogP contribution < -0.4 is 0 Å². The van der Waals surface area contributed by atoms with Gasteiger partial charge in [0, 0.05) is 12.5 Å². The summed E-state index contributed by atoms with van der Waals surface area (Å²) in [7, 11) is -2.32. The smallest absolute Gasteiger partial charge is 0.319 e. The molecule has 0 aromatic carbocycles.